The van der Waals surface area contributed by atoms with Gasteiger partial charge < -0.3 is 23.7 Å². The molecule has 0 aromatic rings. The van der Waals surface area contributed by atoms with Gasteiger partial charge in [0.25, 0.3) is 0 Å². The normalized spacial score (nSPS) is 22.4. The molecule has 7 heteroatoms. The molecule has 2 saturated heterocycles. The molecule has 2 aliphatic heterocycles. The SMILES string of the molecule is CN1CCN(CCC[Si](C)(C)O[Si](C)(C)CCCN2CCN(C)CC2)CC1. The highest BCUT2D eigenvalue weighted by Crippen LogP contribution is 2.24. The fourth-order valence-corrected chi connectivity index (χ4v) is 13.3. The molecule has 0 aromatic heterocycles. The molecule has 0 aliphatic carbocycles. The Morgan fingerprint density at radius 2 is 0.926 bits per heavy atom. The Bertz CT molecular complexity index is 382. The molecule has 0 atom stereocenters. The van der Waals surface area contributed by atoms with Crippen LogP contribution in [0.5, 0.6) is 0 Å². The van der Waals surface area contributed by atoms with E-state index in [0.29, 0.717) is 0 Å². The minimum Gasteiger partial charge on any atom is -0.455 e. The Kier molecular flexibility index (Phi) is 9.45. The summed E-state index contributed by atoms with van der Waals surface area (Å²) in [6, 6.07) is 2.63. The van der Waals surface area contributed by atoms with Crippen LogP contribution in [0, 0.1) is 0 Å². The first-order valence-corrected chi connectivity index (χ1v) is 17.4. The van der Waals surface area contributed by atoms with E-state index in [1.165, 1.54) is 90.4 Å². The third-order valence-electron chi connectivity index (χ3n) is 6.25. The monoisotopic (exact) mass is 414 g/mol. The van der Waals surface area contributed by atoms with Crippen molar-refractivity contribution in [2.75, 3.05) is 79.5 Å². The van der Waals surface area contributed by atoms with Crippen LogP contribution in [0.2, 0.25) is 38.3 Å². The van der Waals surface area contributed by atoms with Gasteiger partial charge in [-0.05, 0) is 78.3 Å². The molecule has 2 fully saturated rings. The Morgan fingerprint density at radius 1 is 0.593 bits per heavy atom. The van der Waals surface area contributed by atoms with E-state index in [1.807, 2.05) is 0 Å². The van der Waals surface area contributed by atoms with Crippen LogP contribution in [0.15, 0.2) is 0 Å². The van der Waals surface area contributed by atoms with Gasteiger partial charge >= 0.3 is 0 Å². The van der Waals surface area contributed by atoms with E-state index in [4.69, 9.17) is 4.12 Å². The standard InChI is InChI=1S/C20H46N4OSi2/c1-21-11-15-23(16-12-21)9-7-19-26(3,4)25-27(5,6)20-8-10-24-17-13-22(2)14-18-24/h7-20H2,1-6H3. The predicted molar refractivity (Wildman–Crippen MR) is 123 cm³/mol. The van der Waals surface area contributed by atoms with E-state index in [-0.39, 0.29) is 0 Å². The zero-order valence-electron chi connectivity index (χ0n) is 19.1. The maximum atomic E-state index is 6.86. The van der Waals surface area contributed by atoms with Gasteiger partial charge in [-0.3, -0.25) is 0 Å². The highest BCUT2D eigenvalue weighted by atomic mass is 28.4. The number of hydrogen-bond acceptors (Lipinski definition) is 5. The van der Waals surface area contributed by atoms with Crippen molar-refractivity contribution in [1.29, 1.82) is 0 Å². The molecule has 27 heavy (non-hydrogen) atoms. The van der Waals surface area contributed by atoms with Crippen molar-refractivity contribution in [3.63, 3.8) is 0 Å². The summed E-state index contributed by atoms with van der Waals surface area (Å²) < 4.78 is 6.86. The first-order valence-electron chi connectivity index (χ1n) is 11.2. The van der Waals surface area contributed by atoms with Gasteiger partial charge in [-0.15, -0.1) is 0 Å². The molecule has 2 aliphatic rings. The highest BCUT2D eigenvalue weighted by molar-refractivity contribution is 6.84. The summed E-state index contributed by atoms with van der Waals surface area (Å²) in [6.45, 7) is 22.2. The lowest BCUT2D eigenvalue weighted by Crippen LogP contribution is -2.47. The Hall–Kier alpha value is 0.234. The third-order valence-corrected chi connectivity index (χ3v) is 13.8. The fraction of sp³-hybridized carbons (Fsp3) is 1.00. The van der Waals surface area contributed by atoms with Crippen LogP contribution in [0.1, 0.15) is 12.8 Å². The minimum atomic E-state index is -1.53. The molecule has 0 spiro atoms. The minimum absolute atomic E-state index is 1.23. The number of piperazine rings is 2. The van der Waals surface area contributed by atoms with Crippen LogP contribution in [0.4, 0.5) is 0 Å². The van der Waals surface area contributed by atoms with E-state index < -0.39 is 16.6 Å². The molecular formula is C20H46N4OSi2. The second kappa shape index (κ2) is 10.9. The van der Waals surface area contributed by atoms with Gasteiger partial charge in [-0.2, -0.15) is 0 Å². The zero-order valence-corrected chi connectivity index (χ0v) is 21.1. The molecule has 5 nitrogen and oxygen atoms in total. The summed E-state index contributed by atoms with van der Waals surface area (Å²) in [5.74, 6) is 0. The van der Waals surface area contributed by atoms with E-state index >= 15 is 0 Å². The zero-order chi connectivity index (χ0) is 19.9. The van der Waals surface area contributed by atoms with Gasteiger partial charge in [0, 0.05) is 52.4 Å². The molecule has 0 saturated carbocycles. The second-order valence-corrected chi connectivity index (χ2v) is 19.0. The quantitative estimate of drug-likeness (QED) is 0.511. The van der Waals surface area contributed by atoms with E-state index in [9.17, 15) is 0 Å². The van der Waals surface area contributed by atoms with Crippen molar-refractivity contribution in [3.8, 4) is 0 Å². The number of hydrogen-bond donors (Lipinski definition) is 0. The van der Waals surface area contributed by atoms with Gasteiger partial charge in [0.05, 0.1) is 0 Å². The van der Waals surface area contributed by atoms with Crippen LogP contribution in [-0.2, 0) is 4.12 Å². The Labute approximate surface area is 171 Å². The van der Waals surface area contributed by atoms with Crippen LogP contribution >= 0.6 is 0 Å². The van der Waals surface area contributed by atoms with Crippen LogP contribution in [-0.4, -0.2) is 116 Å². The third kappa shape index (κ3) is 9.52. The summed E-state index contributed by atoms with van der Waals surface area (Å²) >= 11 is 0. The van der Waals surface area contributed by atoms with Gasteiger partial charge in [0.15, 0.2) is 16.6 Å². The molecule has 2 heterocycles. The lowest BCUT2D eigenvalue weighted by molar-refractivity contribution is 0.154. The Morgan fingerprint density at radius 3 is 1.26 bits per heavy atom. The predicted octanol–water partition coefficient (Wildman–Crippen LogP) is 2.69. The smallest absolute Gasteiger partial charge is 0.173 e. The van der Waals surface area contributed by atoms with Gasteiger partial charge in [-0.25, -0.2) is 0 Å². The molecule has 0 aromatic carbocycles. The first kappa shape index (κ1) is 23.5. The molecular weight excluding hydrogens is 368 g/mol. The lowest BCUT2D eigenvalue weighted by Gasteiger charge is -2.36. The second-order valence-electron chi connectivity index (χ2n) is 10.1. The van der Waals surface area contributed by atoms with Gasteiger partial charge in [0.1, 0.15) is 0 Å². The summed E-state index contributed by atoms with van der Waals surface area (Å²) in [7, 11) is 1.41. The van der Waals surface area contributed by atoms with E-state index in [1.54, 1.807) is 0 Å². The average molecular weight is 415 g/mol. The lowest BCUT2D eigenvalue weighted by atomic mass is 10.3. The molecule has 0 N–H and O–H groups in total. The van der Waals surface area contributed by atoms with Crippen molar-refractivity contribution in [1.82, 2.24) is 19.6 Å². The average Bonchev–Trinajstić information content (AvgIpc) is 2.57. The summed E-state index contributed by atoms with van der Waals surface area (Å²) in [4.78, 5) is 10.2. The molecule has 0 bridgehead atoms. The number of rotatable bonds is 10. The molecule has 0 unspecified atom stereocenters. The number of likely N-dealkylation sites (N-methyl/N-ethyl adjacent to an activating group) is 2. The Balaban J connectivity index is 1.61. The molecule has 0 amide bonds. The fourth-order valence-electron chi connectivity index (χ4n) is 4.45. The molecule has 160 valence electrons. The van der Waals surface area contributed by atoms with Crippen molar-refractivity contribution in [3.05, 3.63) is 0 Å². The number of nitrogens with zero attached hydrogens (tertiary/aromatic N) is 4. The summed E-state index contributed by atoms with van der Waals surface area (Å²) in [6.07, 6.45) is 2.63. The largest absolute Gasteiger partial charge is 0.455 e. The maximum absolute atomic E-state index is 6.86. The summed E-state index contributed by atoms with van der Waals surface area (Å²) in [5, 5.41) is 0. The van der Waals surface area contributed by atoms with Crippen molar-refractivity contribution < 1.29 is 4.12 Å². The topological polar surface area (TPSA) is 22.2 Å². The molecule has 2 rings (SSSR count). The van der Waals surface area contributed by atoms with Gasteiger partial charge in [0.2, 0.25) is 0 Å². The van der Waals surface area contributed by atoms with E-state index in [2.05, 4.69) is 59.9 Å². The van der Waals surface area contributed by atoms with Crippen molar-refractivity contribution in [2.24, 2.45) is 0 Å². The van der Waals surface area contributed by atoms with Crippen molar-refractivity contribution >= 4 is 16.6 Å². The van der Waals surface area contributed by atoms with Crippen LogP contribution in [0.3, 0.4) is 0 Å². The van der Waals surface area contributed by atoms with Crippen molar-refractivity contribution in [2.45, 2.75) is 51.1 Å². The first-order chi connectivity index (χ1) is 12.7. The van der Waals surface area contributed by atoms with Crippen LogP contribution in [0.25, 0.3) is 0 Å². The maximum Gasteiger partial charge on any atom is 0.173 e. The van der Waals surface area contributed by atoms with Gasteiger partial charge in [-0.1, -0.05) is 0 Å². The molecule has 0 radical (unpaired) electrons. The highest BCUT2D eigenvalue weighted by Gasteiger charge is 2.32. The van der Waals surface area contributed by atoms with E-state index in [0.717, 1.165) is 0 Å². The van der Waals surface area contributed by atoms with Crippen LogP contribution < -0.4 is 0 Å². The summed E-state index contributed by atoms with van der Waals surface area (Å²) in [5.41, 5.74) is 0.